The van der Waals surface area contributed by atoms with E-state index >= 15 is 0 Å². The van der Waals surface area contributed by atoms with Gasteiger partial charge in [-0.25, -0.2) is 0 Å². The van der Waals surface area contributed by atoms with Gasteiger partial charge in [-0.15, -0.1) is 0 Å². The van der Waals surface area contributed by atoms with Crippen LogP contribution in [0.1, 0.15) is 30.3 Å². The Kier molecular flexibility index (Phi) is 3.87. The Labute approximate surface area is 90.7 Å². The standard InChI is InChI=1S/C11H18N4/c1-4-11-8(2)14-15(9(11)3)6-5-10(13)7-12/h10H,4-6,13H2,1-3H3. The smallest absolute Gasteiger partial charge is 0.0945 e. The average Bonchev–Trinajstić information content (AvgIpc) is 2.50. The van der Waals surface area contributed by atoms with E-state index in [1.807, 2.05) is 17.7 Å². The molecule has 4 heteroatoms. The molecule has 0 fully saturated rings. The second kappa shape index (κ2) is 4.94. The van der Waals surface area contributed by atoms with Crippen LogP contribution in [-0.2, 0) is 13.0 Å². The Morgan fingerprint density at radius 2 is 2.20 bits per heavy atom. The number of aromatic nitrogens is 2. The Hall–Kier alpha value is -1.34. The Morgan fingerprint density at radius 1 is 1.53 bits per heavy atom. The number of nitrogens with two attached hydrogens (primary N) is 1. The van der Waals surface area contributed by atoms with Gasteiger partial charge in [0.2, 0.25) is 0 Å². The van der Waals surface area contributed by atoms with Crippen molar-refractivity contribution >= 4 is 0 Å². The van der Waals surface area contributed by atoms with Crippen molar-refractivity contribution in [2.45, 2.75) is 46.2 Å². The number of hydrogen-bond acceptors (Lipinski definition) is 3. The second-order valence-corrected chi connectivity index (χ2v) is 3.75. The average molecular weight is 206 g/mol. The summed E-state index contributed by atoms with van der Waals surface area (Å²) in [7, 11) is 0. The highest BCUT2D eigenvalue weighted by Gasteiger charge is 2.10. The zero-order valence-corrected chi connectivity index (χ0v) is 9.62. The number of hydrogen-bond donors (Lipinski definition) is 1. The first kappa shape index (κ1) is 11.7. The van der Waals surface area contributed by atoms with Crippen molar-refractivity contribution in [3.8, 4) is 6.07 Å². The van der Waals surface area contributed by atoms with E-state index in [4.69, 9.17) is 11.0 Å². The lowest BCUT2D eigenvalue weighted by Crippen LogP contribution is -2.20. The van der Waals surface area contributed by atoms with Crippen molar-refractivity contribution < 1.29 is 0 Å². The maximum Gasteiger partial charge on any atom is 0.0945 e. The van der Waals surface area contributed by atoms with Crippen LogP contribution in [0.5, 0.6) is 0 Å². The zero-order valence-electron chi connectivity index (χ0n) is 9.62. The van der Waals surface area contributed by atoms with Crippen molar-refractivity contribution in [1.82, 2.24) is 9.78 Å². The molecule has 1 heterocycles. The second-order valence-electron chi connectivity index (χ2n) is 3.75. The van der Waals surface area contributed by atoms with Crippen molar-refractivity contribution in [1.29, 1.82) is 5.26 Å². The highest BCUT2D eigenvalue weighted by molar-refractivity contribution is 5.24. The van der Waals surface area contributed by atoms with E-state index < -0.39 is 0 Å². The molecule has 0 radical (unpaired) electrons. The molecule has 0 bridgehead atoms. The third-order valence-electron chi connectivity index (χ3n) is 2.70. The summed E-state index contributed by atoms with van der Waals surface area (Å²) in [5, 5.41) is 13.0. The lowest BCUT2D eigenvalue weighted by atomic mass is 10.1. The molecule has 0 saturated carbocycles. The largest absolute Gasteiger partial charge is 0.316 e. The molecule has 0 aliphatic carbocycles. The molecule has 0 aliphatic heterocycles. The Balaban J connectivity index is 2.75. The van der Waals surface area contributed by atoms with Gasteiger partial charge in [-0.2, -0.15) is 10.4 Å². The highest BCUT2D eigenvalue weighted by atomic mass is 15.3. The first-order valence-corrected chi connectivity index (χ1v) is 5.28. The molecular formula is C11H18N4. The minimum absolute atomic E-state index is 0.390. The summed E-state index contributed by atoms with van der Waals surface area (Å²) in [5.41, 5.74) is 9.13. The van der Waals surface area contributed by atoms with Gasteiger partial charge in [-0.1, -0.05) is 6.92 Å². The van der Waals surface area contributed by atoms with E-state index in [0.29, 0.717) is 6.42 Å². The summed E-state index contributed by atoms with van der Waals surface area (Å²) < 4.78 is 1.95. The lowest BCUT2D eigenvalue weighted by Gasteiger charge is -2.05. The SMILES string of the molecule is CCc1c(C)nn(CCC(N)C#N)c1C. The molecule has 0 aliphatic rings. The zero-order chi connectivity index (χ0) is 11.4. The molecule has 2 N–H and O–H groups in total. The third-order valence-corrected chi connectivity index (χ3v) is 2.70. The van der Waals surface area contributed by atoms with Crippen LogP contribution in [0.3, 0.4) is 0 Å². The molecule has 1 aromatic heterocycles. The molecule has 0 spiro atoms. The van der Waals surface area contributed by atoms with Gasteiger partial charge in [0.25, 0.3) is 0 Å². The fourth-order valence-electron chi connectivity index (χ4n) is 1.79. The van der Waals surface area contributed by atoms with E-state index in [2.05, 4.69) is 18.9 Å². The number of aryl methyl sites for hydroxylation is 2. The van der Waals surface area contributed by atoms with Crippen LogP contribution in [0.25, 0.3) is 0 Å². The molecule has 82 valence electrons. The number of nitrogens with zero attached hydrogens (tertiary/aromatic N) is 3. The molecule has 0 amide bonds. The van der Waals surface area contributed by atoms with Gasteiger partial charge < -0.3 is 5.73 Å². The number of nitriles is 1. The summed E-state index contributed by atoms with van der Waals surface area (Å²) in [5.74, 6) is 0. The fraction of sp³-hybridized carbons (Fsp3) is 0.636. The predicted octanol–water partition coefficient (Wildman–Crippen LogP) is 1.30. The molecule has 15 heavy (non-hydrogen) atoms. The van der Waals surface area contributed by atoms with E-state index in [9.17, 15) is 0 Å². The summed E-state index contributed by atoms with van der Waals surface area (Å²) >= 11 is 0. The first-order valence-electron chi connectivity index (χ1n) is 5.28. The number of rotatable bonds is 4. The first-order chi connectivity index (χ1) is 7.10. The monoisotopic (exact) mass is 206 g/mol. The minimum atomic E-state index is -0.390. The van der Waals surface area contributed by atoms with E-state index in [1.54, 1.807) is 0 Å². The van der Waals surface area contributed by atoms with Crippen LogP contribution >= 0.6 is 0 Å². The minimum Gasteiger partial charge on any atom is -0.316 e. The topological polar surface area (TPSA) is 67.6 Å². The molecule has 0 aromatic carbocycles. The van der Waals surface area contributed by atoms with Gasteiger partial charge in [-0.3, -0.25) is 4.68 Å². The van der Waals surface area contributed by atoms with Gasteiger partial charge in [0.05, 0.1) is 17.8 Å². The van der Waals surface area contributed by atoms with Crippen LogP contribution in [0.4, 0.5) is 0 Å². The summed E-state index contributed by atoms with van der Waals surface area (Å²) in [6.07, 6.45) is 1.66. The highest BCUT2D eigenvalue weighted by Crippen LogP contribution is 2.13. The normalized spacial score (nSPS) is 12.5. The molecular weight excluding hydrogens is 188 g/mol. The van der Waals surface area contributed by atoms with Crippen LogP contribution in [0.2, 0.25) is 0 Å². The fourth-order valence-corrected chi connectivity index (χ4v) is 1.79. The van der Waals surface area contributed by atoms with E-state index in [-0.39, 0.29) is 6.04 Å². The maximum absolute atomic E-state index is 8.58. The van der Waals surface area contributed by atoms with E-state index in [0.717, 1.165) is 18.7 Å². The van der Waals surface area contributed by atoms with Crippen molar-refractivity contribution in [2.75, 3.05) is 0 Å². The van der Waals surface area contributed by atoms with Crippen LogP contribution in [-0.4, -0.2) is 15.8 Å². The van der Waals surface area contributed by atoms with Crippen LogP contribution in [0, 0.1) is 25.2 Å². The van der Waals surface area contributed by atoms with Gasteiger partial charge in [-0.05, 0) is 32.3 Å². The van der Waals surface area contributed by atoms with Crippen molar-refractivity contribution in [3.63, 3.8) is 0 Å². The molecule has 0 saturated heterocycles. The summed E-state index contributed by atoms with van der Waals surface area (Å²) in [6, 6.07) is 1.64. The predicted molar refractivity (Wildman–Crippen MR) is 59.3 cm³/mol. The maximum atomic E-state index is 8.58. The van der Waals surface area contributed by atoms with E-state index in [1.165, 1.54) is 11.3 Å². The van der Waals surface area contributed by atoms with Gasteiger partial charge in [0.1, 0.15) is 0 Å². The third kappa shape index (κ3) is 2.57. The van der Waals surface area contributed by atoms with Crippen LogP contribution < -0.4 is 5.73 Å². The summed E-state index contributed by atoms with van der Waals surface area (Å²) in [4.78, 5) is 0. The van der Waals surface area contributed by atoms with Gasteiger partial charge in [0, 0.05) is 12.2 Å². The summed E-state index contributed by atoms with van der Waals surface area (Å²) in [6.45, 7) is 6.94. The molecule has 1 rings (SSSR count). The Morgan fingerprint density at radius 3 is 2.67 bits per heavy atom. The van der Waals surface area contributed by atoms with Crippen molar-refractivity contribution in [3.05, 3.63) is 17.0 Å². The Bertz CT molecular complexity index is 373. The van der Waals surface area contributed by atoms with Crippen LogP contribution in [0.15, 0.2) is 0 Å². The van der Waals surface area contributed by atoms with Gasteiger partial charge in [0.15, 0.2) is 0 Å². The van der Waals surface area contributed by atoms with Gasteiger partial charge >= 0.3 is 0 Å². The quantitative estimate of drug-likeness (QED) is 0.807. The lowest BCUT2D eigenvalue weighted by molar-refractivity contribution is 0.540. The molecule has 1 unspecified atom stereocenters. The molecule has 1 atom stereocenters. The molecule has 4 nitrogen and oxygen atoms in total. The van der Waals surface area contributed by atoms with Crippen molar-refractivity contribution in [2.24, 2.45) is 5.73 Å². The molecule has 1 aromatic rings.